The normalized spacial score (nSPS) is 14.7. The molecule has 0 aromatic heterocycles. The fraction of sp³-hybridized carbons (Fsp3) is 0.429. The van der Waals surface area contributed by atoms with Crippen molar-refractivity contribution in [2.24, 2.45) is 0 Å². The molecule has 0 atom stereocenters. The van der Waals surface area contributed by atoms with E-state index >= 15 is 0 Å². The third kappa shape index (κ3) is 4.22. The minimum Gasteiger partial charge on any atom is -0.384 e. The van der Waals surface area contributed by atoms with Crippen LogP contribution in [0.15, 0.2) is 22.7 Å². The Balaban J connectivity index is 1.82. The molecule has 1 heterocycles. The van der Waals surface area contributed by atoms with E-state index in [1.54, 1.807) is 12.1 Å². The van der Waals surface area contributed by atoms with Gasteiger partial charge in [-0.3, -0.25) is 4.79 Å². The Kier molecular flexibility index (Phi) is 5.39. The number of ether oxygens (including phenoxy) is 1. The van der Waals surface area contributed by atoms with Crippen molar-refractivity contribution in [1.29, 1.82) is 5.26 Å². The highest BCUT2D eigenvalue weighted by atomic mass is 79.9. The van der Waals surface area contributed by atoms with E-state index in [0.717, 1.165) is 10.2 Å². The van der Waals surface area contributed by atoms with Crippen molar-refractivity contribution in [3.05, 3.63) is 28.2 Å². The molecule has 1 aliphatic rings. The number of nitriles is 1. The number of nitrogens with one attached hydrogen (secondary N) is 1. The van der Waals surface area contributed by atoms with Gasteiger partial charge in [0, 0.05) is 36.2 Å². The highest BCUT2D eigenvalue weighted by Crippen LogP contribution is 2.19. The first-order chi connectivity index (χ1) is 9.69. The predicted molar refractivity (Wildman–Crippen MR) is 79.4 cm³/mol. The van der Waals surface area contributed by atoms with Gasteiger partial charge in [0.15, 0.2) is 0 Å². The van der Waals surface area contributed by atoms with Crippen molar-refractivity contribution in [3.8, 4) is 6.07 Å². The predicted octanol–water partition coefficient (Wildman–Crippen LogP) is 1.98. The molecular formula is C14H16BrN3O2. The summed E-state index contributed by atoms with van der Waals surface area (Å²) in [6.07, 6.45) is 0.439. The summed E-state index contributed by atoms with van der Waals surface area (Å²) in [5.41, 5.74) is 1.42. The molecule has 0 unspecified atom stereocenters. The lowest BCUT2D eigenvalue weighted by Gasteiger charge is -2.26. The van der Waals surface area contributed by atoms with Crippen LogP contribution in [0, 0.1) is 11.3 Å². The number of hydrogen-bond acceptors (Lipinski definition) is 4. The van der Waals surface area contributed by atoms with Crippen LogP contribution in [0.1, 0.15) is 12.0 Å². The zero-order chi connectivity index (χ0) is 14.4. The van der Waals surface area contributed by atoms with Crippen LogP contribution in [0.3, 0.4) is 0 Å². The summed E-state index contributed by atoms with van der Waals surface area (Å²) in [6, 6.07) is 7.51. The average molecular weight is 338 g/mol. The molecule has 0 aliphatic carbocycles. The summed E-state index contributed by atoms with van der Waals surface area (Å²) in [5, 5.41) is 12.1. The summed E-state index contributed by atoms with van der Waals surface area (Å²) in [6.45, 7) is 3.15. The van der Waals surface area contributed by atoms with Crippen LogP contribution in [0.25, 0.3) is 0 Å². The molecular weight excluding hydrogens is 322 g/mol. The third-order valence-electron chi connectivity index (χ3n) is 3.06. The molecule has 0 radical (unpaired) electrons. The van der Waals surface area contributed by atoms with Gasteiger partial charge >= 0.3 is 0 Å². The van der Waals surface area contributed by atoms with Crippen LogP contribution in [0.4, 0.5) is 5.69 Å². The molecule has 2 rings (SSSR count). The quantitative estimate of drug-likeness (QED) is 0.912. The van der Waals surface area contributed by atoms with Gasteiger partial charge in [0.05, 0.1) is 24.8 Å². The average Bonchev–Trinajstić information content (AvgIpc) is 2.47. The molecule has 1 aromatic carbocycles. The zero-order valence-electron chi connectivity index (χ0n) is 11.1. The van der Waals surface area contributed by atoms with E-state index in [9.17, 15) is 4.79 Å². The van der Waals surface area contributed by atoms with E-state index in [0.29, 0.717) is 44.8 Å². The Hall–Kier alpha value is -1.58. The van der Waals surface area contributed by atoms with Crippen LogP contribution < -0.4 is 5.32 Å². The summed E-state index contributed by atoms with van der Waals surface area (Å²) >= 11 is 3.36. The number of nitrogens with zero attached hydrogens (tertiary/aromatic N) is 2. The first-order valence-corrected chi connectivity index (χ1v) is 7.28. The van der Waals surface area contributed by atoms with E-state index in [1.165, 1.54) is 0 Å². The SMILES string of the molecule is N#Cc1cc(Br)cc(NCCC(=O)N2CCOCC2)c1. The Morgan fingerprint density at radius 2 is 2.15 bits per heavy atom. The van der Waals surface area contributed by atoms with E-state index in [4.69, 9.17) is 10.00 Å². The number of halogens is 1. The second-order valence-electron chi connectivity index (χ2n) is 4.51. The summed E-state index contributed by atoms with van der Waals surface area (Å²) in [5.74, 6) is 0.135. The van der Waals surface area contributed by atoms with Crippen LogP contribution in [-0.2, 0) is 9.53 Å². The maximum Gasteiger partial charge on any atom is 0.224 e. The number of benzene rings is 1. The maximum absolute atomic E-state index is 11.9. The molecule has 106 valence electrons. The van der Waals surface area contributed by atoms with Gasteiger partial charge in [-0.2, -0.15) is 5.26 Å². The molecule has 1 N–H and O–H groups in total. The fourth-order valence-corrected chi connectivity index (χ4v) is 2.53. The van der Waals surface area contributed by atoms with Crippen LogP contribution in [0.5, 0.6) is 0 Å². The Labute approximate surface area is 126 Å². The van der Waals surface area contributed by atoms with Gasteiger partial charge in [-0.05, 0) is 18.2 Å². The number of rotatable bonds is 4. The first kappa shape index (κ1) is 14.8. The number of morpholine rings is 1. The molecule has 1 aliphatic heterocycles. The molecule has 1 aromatic rings. The van der Waals surface area contributed by atoms with Gasteiger partial charge in [0.2, 0.25) is 5.91 Å². The Morgan fingerprint density at radius 3 is 2.85 bits per heavy atom. The van der Waals surface area contributed by atoms with Gasteiger partial charge in [-0.25, -0.2) is 0 Å². The molecule has 5 nitrogen and oxygen atoms in total. The first-order valence-electron chi connectivity index (χ1n) is 6.49. The lowest BCUT2D eigenvalue weighted by molar-refractivity contribution is -0.134. The second-order valence-corrected chi connectivity index (χ2v) is 5.43. The smallest absolute Gasteiger partial charge is 0.224 e. The summed E-state index contributed by atoms with van der Waals surface area (Å²) in [7, 11) is 0. The number of anilines is 1. The lowest BCUT2D eigenvalue weighted by Crippen LogP contribution is -2.41. The molecule has 1 amide bonds. The van der Waals surface area contributed by atoms with Crippen molar-refractivity contribution < 1.29 is 9.53 Å². The van der Waals surface area contributed by atoms with Gasteiger partial charge in [0.25, 0.3) is 0 Å². The van der Waals surface area contributed by atoms with Crippen molar-refractivity contribution in [1.82, 2.24) is 4.90 Å². The molecule has 6 heteroatoms. The minimum absolute atomic E-state index is 0.135. The molecule has 1 saturated heterocycles. The van der Waals surface area contributed by atoms with Crippen molar-refractivity contribution in [2.75, 3.05) is 38.2 Å². The van der Waals surface area contributed by atoms with Crippen LogP contribution in [-0.4, -0.2) is 43.7 Å². The van der Waals surface area contributed by atoms with E-state index < -0.39 is 0 Å². The molecule has 0 saturated carbocycles. The molecule has 0 bridgehead atoms. The largest absolute Gasteiger partial charge is 0.384 e. The lowest BCUT2D eigenvalue weighted by atomic mass is 10.2. The monoisotopic (exact) mass is 337 g/mol. The number of hydrogen-bond donors (Lipinski definition) is 1. The van der Waals surface area contributed by atoms with E-state index in [-0.39, 0.29) is 5.91 Å². The Bertz CT molecular complexity index is 522. The second kappa shape index (κ2) is 7.27. The topological polar surface area (TPSA) is 65.4 Å². The highest BCUT2D eigenvalue weighted by Gasteiger charge is 2.15. The van der Waals surface area contributed by atoms with Gasteiger partial charge in [-0.1, -0.05) is 15.9 Å². The molecule has 20 heavy (non-hydrogen) atoms. The van der Waals surface area contributed by atoms with Crippen molar-refractivity contribution >= 4 is 27.5 Å². The summed E-state index contributed by atoms with van der Waals surface area (Å²) in [4.78, 5) is 13.8. The van der Waals surface area contributed by atoms with Crippen LogP contribution >= 0.6 is 15.9 Å². The highest BCUT2D eigenvalue weighted by molar-refractivity contribution is 9.10. The zero-order valence-corrected chi connectivity index (χ0v) is 12.6. The van der Waals surface area contributed by atoms with Gasteiger partial charge in [-0.15, -0.1) is 0 Å². The third-order valence-corrected chi connectivity index (χ3v) is 3.52. The Morgan fingerprint density at radius 1 is 1.40 bits per heavy atom. The van der Waals surface area contributed by atoms with Crippen LogP contribution in [0.2, 0.25) is 0 Å². The van der Waals surface area contributed by atoms with E-state index in [2.05, 4.69) is 27.3 Å². The van der Waals surface area contributed by atoms with Crippen molar-refractivity contribution in [3.63, 3.8) is 0 Å². The van der Waals surface area contributed by atoms with Crippen molar-refractivity contribution in [2.45, 2.75) is 6.42 Å². The molecule has 0 spiro atoms. The van der Waals surface area contributed by atoms with Gasteiger partial charge in [0.1, 0.15) is 0 Å². The minimum atomic E-state index is 0.135. The fourth-order valence-electron chi connectivity index (χ4n) is 2.04. The number of carbonyl (C=O) groups excluding carboxylic acids is 1. The van der Waals surface area contributed by atoms with Gasteiger partial charge < -0.3 is 15.0 Å². The number of carbonyl (C=O) groups is 1. The maximum atomic E-state index is 11.9. The summed E-state index contributed by atoms with van der Waals surface area (Å²) < 4.78 is 6.06. The van der Waals surface area contributed by atoms with E-state index in [1.807, 2.05) is 11.0 Å². The standard InChI is InChI=1S/C14H16BrN3O2/c15-12-7-11(10-16)8-13(9-12)17-2-1-14(19)18-3-5-20-6-4-18/h7-9,17H,1-6H2. The number of amides is 1. The molecule has 1 fully saturated rings.